The van der Waals surface area contributed by atoms with Crippen molar-refractivity contribution in [2.24, 2.45) is 0 Å². The summed E-state index contributed by atoms with van der Waals surface area (Å²) in [6.45, 7) is 2.78. The zero-order chi connectivity index (χ0) is 10.6. The lowest BCUT2D eigenvalue weighted by Crippen LogP contribution is -2.45. The van der Waals surface area contributed by atoms with Crippen molar-refractivity contribution < 1.29 is 9.84 Å². The van der Waals surface area contributed by atoms with Gasteiger partial charge in [0.1, 0.15) is 0 Å². The SMILES string of the molecule is OC1(CCCC2CCCO2)CCCNC1. The van der Waals surface area contributed by atoms with Crippen LogP contribution in [-0.4, -0.2) is 36.5 Å². The second kappa shape index (κ2) is 5.28. The zero-order valence-electron chi connectivity index (χ0n) is 9.50. The minimum absolute atomic E-state index is 0.434. The first kappa shape index (κ1) is 11.4. The van der Waals surface area contributed by atoms with Crippen LogP contribution < -0.4 is 5.32 Å². The quantitative estimate of drug-likeness (QED) is 0.742. The van der Waals surface area contributed by atoms with Gasteiger partial charge in [-0.25, -0.2) is 0 Å². The van der Waals surface area contributed by atoms with Gasteiger partial charge in [0.05, 0.1) is 11.7 Å². The number of hydrogen-bond donors (Lipinski definition) is 2. The molecule has 2 heterocycles. The molecule has 0 amide bonds. The topological polar surface area (TPSA) is 41.5 Å². The van der Waals surface area contributed by atoms with Gasteiger partial charge < -0.3 is 15.2 Å². The monoisotopic (exact) mass is 213 g/mol. The fraction of sp³-hybridized carbons (Fsp3) is 1.00. The van der Waals surface area contributed by atoms with E-state index in [1.807, 2.05) is 0 Å². The lowest BCUT2D eigenvalue weighted by atomic mass is 9.88. The van der Waals surface area contributed by atoms with Gasteiger partial charge >= 0.3 is 0 Å². The summed E-state index contributed by atoms with van der Waals surface area (Å²) in [5.74, 6) is 0. The molecule has 0 aromatic carbocycles. The number of ether oxygens (including phenoxy) is 1. The number of aliphatic hydroxyl groups is 1. The molecule has 2 N–H and O–H groups in total. The number of piperidine rings is 1. The molecule has 0 aromatic heterocycles. The van der Waals surface area contributed by atoms with Crippen molar-refractivity contribution in [2.45, 2.75) is 56.7 Å². The van der Waals surface area contributed by atoms with Gasteiger partial charge in [-0.1, -0.05) is 0 Å². The largest absolute Gasteiger partial charge is 0.389 e. The molecule has 2 atom stereocenters. The van der Waals surface area contributed by atoms with Crippen LogP contribution in [0.25, 0.3) is 0 Å². The molecule has 0 spiro atoms. The molecule has 2 aliphatic heterocycles. The molecule has 88 valence electrons. The van der Waals surface area contributed by atoms with Crippen molar-refractivity contribution in [3.8, 4) is 0 Å². The molecule has 0 radical (unpaired) electrons. The van der Waals surface area contributed by atoms with E-state index in [4.69, 9.17) is 4.74 Å². The fourth-order valence-corrected chi connectivity index (χ4v) is 2.70. The van der Waals surface area contributed by atoms with Crippen molar-refractivity contribution in [1.82, 2.24) is 5.32 Å². The van der Waals surface area contributed by atoms with Crippen LogP contribution in [0.15, 0.2) is 0 Å². The molecule has 2 fully saturated rings. The Balaban J connectivity index is 1.63. The predicted molar refractivity (Wildman–Crippen MR) is 59.9 cm³/mol. The highest BCUT2D eigenvalue weighted by Gasteiger charge is 2.28. The third kappa shape index (κ3) is 3.44. The van der Waals surface area contributed by atoms with Crippen LogP contribution in [0.4, 0.5) is 0 Å². The summed E-state index contributed by atoms with van der Waals surface area (Å²) >= 11 is 0. The maximum absolute atomic E-state index is 10.2. The zero-order valence-corrected chi connectivity index (χ0v) is 9.50. The maximum atomic E-state index is 10.2. The van der Waals surface area contributed by atoms with Crippen molar-refractivity contribution in [3.63, 3.8) is 0 Å². The van der Waals surface area contributed by atoms with Crippen molar-refractivity contribution >= 4 is 0 Å². The van der Waals surface area contributed by atoms with Gasteiger partial charge in [-0.05, 0) is 51.5 Å². The summed E-state index contributed by atoms with van der Waals surface area (Å²) in [5.41, 5.74) is -0.434. The highest BCUT2D eigenvalue weighted by Crippen LogP contribution is 2.25. The summed E-state index contributed by atoms with van der Waals surface area (Å²) in [6, 6.07) is 0. The van der Waals surface area contributed by atoms with E-state index >= 15 is 0 Å². The minimum Gasteiger partial charge on any atom is -0.389 e. The first-order valence-electron chi connectivity index (χ1n) is 6.33. The summed E-state index contributed by atoms with van der Waals surface area (Å²) < 4.78 is 5.58. The van der Waals surface area contributed by atoms with Gasteiger partial charge in [-0.15, -0.1) is 0 Å². The molecular formula is C12H23NO2. The van der Waals surface area contributed by atoms with Gasteiger partial charge in [0.15, 0.2) is 0 Å². The Labute approximate surface area is 92.2 Å². The predicted octanol–water partition coefficient (Wildman–Crippen LogP) is 1.45. The summed E-state index contributed by atoms with van der Waals surface area (Å²) in [6.07, 6.45) is 8.14. The van der Waals surface area contributed by atoms with E-state index < -0.39 is 5.60 Å². The van der Waals surface area contributed by atoms with Gasteiger partial charge in [-0.2, -0.15) is 0 Å². The Kier molecular flexibility index (Phi) is 4.00. The Morgan fingerprint density at radius 3 is 3.00 bits per heavy atom. The normalized spacial score (nSPS) is 37.0. The maximum Gasteiger partial charge on any atom is 0.0772 e. The third-order valence-electron chi connectivity index (χ3n) is 3.64. The van der Waals surface area contributed by atoms with E-state index in [0.717, 1.165) is 51.8 Å². The average molecular weight is 213 g/mol. The van der Waals surface area contributed by atoms with Crippen LogP contribution in [0.2, 0.25) is 0 Å². The Morgan fingerprint density at radius 2 is 2.33 bits per heavy atom. The van der Waals surface area contributed by atoms with E-state index in [0.29, 0.717) is 6.10 Å². The van der Waals surface area contributed by atoms with E-state index in [9.17, 15) is 5.11 Å². The smallest absolute Gasteiger partial charge is 0.0772 e. The second-order valence-corrected chi connectivity index (χ2v) is 5.03. The van der Waals surface area contributed by atoms with Gasteiger partial charge in [0.2, 0.25) is 0 Å². The molecule has 0 aliphatic carbocycles. The first-order chi connectivity index (χ1) is 7.29. The van der Waals surface area contributed by atoms with Crippen LogP contribution in [0.3, 0.4) is 0 Å². The lowest BCUT2D eigenvalue weighted by molar-refractivity contribution is 0.00246. The summed E-state index contributed by atoms with van der Waals surface area (Å²) in [5, 5.41) is 13.5. The van der Waals surface area contributed by atoms with E-state index in [-0.39, 0.29) is 0 Å². The van der Waals surface area contributed by atoms with Crippen LogP contribution >= 0.6 is 0 Å². The minimum atomic E-state index is -0.434. The molecule has 2 rings (SSSR count). The van der Waals surface area contributed by atoms with Gasteiger partial charge in [-0.3, -0.25) is 0 Å². The molecule has 15 heavy (non-hydrogen) atoms. The molecule has 0 bridgehead atoms. The number of nitrogens with one attached hydrogen (secondary N) is 1. The Hall–Kier alpha value is -0.120. The standard InChI is InChI=1S/C12H23NO2/c14-12(7-3-8-13-10-12)6-1-4-11-5-2-9-15-11/h11,13-14H,1-10H2. The van der Waals surface area contributed by atoms with Gasteiger partial charge in [0.25, 0.3) is 0 Å². The molecule has 2 saturated heterocycles. The van der Waals surface area contributed by atoms with Crippen LogP contribution in [0.5, 0.6) is 0 Å². The van der Waals surface area contributed by atoms with Crippen molar-refractivity contribution in [3.05, 3.63) is 0 Å². The first-order valence-corrected chi connectivity index (χ1v) is 6.33. The van der Waals surface area contributed by atoms with Crippen molar-refractivity contribution in [2.75, 3.05) is 19.7 Å². The molecule has 3 heteroatoms. The van der Waals surface area contributed by atoms with E-state index in [2.05, 4.69) is 5.32 Å². The number of β-amino-alcohol motifs (C(OH)–C–C–N with tert-alkyl or cyclic N) is 1. The average Bonchev–Trinajstić information content (AvgIpc) is 2.71. The van der Waals surface area contributed by atoms with E-state index in [1.165, 1.54) is 12.8 Å². The molecular weight excluding hydrogens is 190 g/mol. The number of rotatable bonds is 4. The lowest BCUT2D eigenvalue weighted by Gasteiger charge is -2.32. The second-order valence-electron chi connectivity index (χ2n) is 5.03. The number of hydrogen-bond acceptors (Lipinski definition) is 3. The van der Waals surface area contributed by atoms with Crippen LogP contribution in [-0.2, 0) is 4.74 Å². The van der Waals surface area contributed by atoms with Crippen molar-refractivity contribution in [1.29, 1.82) is 0 Å². The summed E-state index contributed by atoms with van der Waals surface area (Å²) in [4.78, 5) is 0. The Morgan fingerprint density at radius 1 is 1.40 bits per heavy atom. The molecule has 0 aromatic rings. The van der Waals surface area contributed by atoms with Gasteiger partial charge in [0, 0.05) is 13.2 Å². The van der Waals surface area contributed by atoms with E-state index in [1.54, 1.807) is 0 Å². The summed E-state index contributed by atoms with van der Waals surface area (Å²) in [7, 11) is 0. The molecule has 2 aliphatic rings. The fourth-order valence-electron chi connectivity index (χ4n) is 2.70. The molecule has 0 saturated carbocycles. The molecule has 3 nitrogen and oxygen atoms in total. The van der Waals surface area contributed by atoms with Crippen LogP contribution in [0.1, 0.15) is 44.9 Å². The highest BCUT2D eigenvalue weighted by atomic mass is 16.5. The Bertz CT molecular complexity index is 184. The van der Waals surface area contributed by atoms with Crippen LogP contribution in [0, 0.1) is 0 Å². The highest BCUT2D eigenvalue weighted by molar-refractivity contribution is 4.85. The third-order valence-corrected chi connectivity index (χ3v) is 3.64. The molecule has 2 unspecified atom stereocenters.